The highest BCUT2D eigenvalue weighted by molar-refractivity contribution is 9.10. The first-order chi connectivity index (χ1) is 16.2. The highest BCUT2D eigenvalue weighted by atomic mass is 79.9. The van der Waals surface area contributed by atoms with Crippen molar-refractivity contribution in [3.63, 3.8) is 0 Å². The number of aromatic nitrogens is 1. The van der Waals surface area contributed by atoms with Crippen LogP contribution in [0.2, 0.25) is 5.04 Å². The molecule has 34 heavy (non-hydrogen) atoms. The van der Waals surface area contributed by atoms with Crippen LogP contribution in [0.1, 0.15) is 20.8 Å². The highest BCUT2D eigenvalue weighted by Crippen LogP contribution is 2.37. The molecular formula is C26H32BrN3O3Si. The van der Waals surface area contributed by atoms with E-state index in [4.69, 9.17) is 14.9 Å². The lowest BCUT2D eigenvalue weighted by Gasteiger charge is -2.43. The van der Waals surface area contributed by atoms with E-state index >= 15 is 0 Å². The number of halogens is 1. The monoisotopic (exact) mass is 541 g/mol. The summed E-state index contributed by atoms with van der Waals surface area (Å²) in [5, 5.41) is 5.36. The van der Waals surface area contributed by atoms with E-state index in [1.54, 1.807) is 6.20 Å². The van der Waals surface area contributed by atoms with Gasteiger partial charge >= 0.3 is 5.97 Å². The fourth-order valence-electron chi connectivity index (χ4n) is 4.19. The molecular weight excluding hydrogens is 510 g/mol. The normalized spacial score (nSPS) is 12.7. The summed E-state index contributed by atoms with van der Waals surface area (Å²) in [5.74, 6) is -0.517. The molecule has 8 heteroatoms. The van der Waals surface area contributed by atoms with Gasteiger partial charge in [-0.05, 0) is 37.4 Å². The number of hydrogen-bond acceptors (Lipinski definition) is 6. The number of carbonyl (C=O) groups is 1. The van der Waals surface area contributed by atoms with Gasteiger partial charge < -0.3 is 20.2 Å². The summed E-state index contributed by atoms with van der Waals surface area (Å²) in [6.45, 7) is 7.12. The minimum absolute atomic E-state index is 0.192. The van der Waals surface area contributed by atoms with Crippen LogP contribution in [0, 0.1) is 5.92 Å². The van der Waals surface area contributed by atoms with Gasteiger partial charge in [0.05, 0.1) is 18.7 Å². The Labute approximate surface area is 211 Å². The minimum Gasteiger partial charge on any atom is -0.469 e. The summed E-state index contributed by atoms with van der Waals surface area (Å²) in [7, 11) is -1.38. The van der Waals surface area contributed by atoms with Gasteiger partial charge in [-0.15, -0.1) is 0 Å². The van der Waals surface area contributed by atoms with Crippen LogP contribution in [0.5, 0.6) is 0 Å². The lowest BCUT2D eigenvalue weighted by Crippen LogP contribution is -2.67. The predicted molar refractivity (Wildman–Crippen MR) is 144 cm³/mol. The summed E-state index contributed by atoms with van der Waals surface area (Å²) in [5.41, 5.74) is 6.65. The molecule has 1 heterocycles. The van der Waals surface area contributed by atoms with E-state index in [1.807, 2.05) is 42.5 Å². The predicted octanol–water partition coefficient (Wildman–Crippen LogP) is 4.20. The number of hydrogen-bond donors (Lipinski definition) is 2. The molecule has 0 radical (unpaired) electrons. The van der Waals surface area contributed by atoms with E-state index in [-0.39, 0.29) is 17.6 Å². The number of pyridine rings is 1. The number of nitrogen functional groups attached to an aromatic ring is 1. The van der Waals surface area contributed by atoms with E-state index in [1.165, 1.54) is 7.11 Å². The van der Waals surface area contributed by atoms with Crippen molar-refractivity contribution >= 4 is 52.1 Å². The van der Waals surface area contributed by atoms with Gasteiger partial charge in [0, 0.05) is 23.8 Å². The maximum absolute atomic E-state index is 12.7. The zero-order valence-electron chi connectivity index (χ0n) is 20.0. The first-order valence-corrected chi connectivity index (χ1v) is 13.9. The Hall–Kier alpha value is -2.68. The van der Waals surface area contributed by atoms with Crippen molar-refractivity contribution in [2.45, 2.75) is 25.8 Å². The van der Waals surface area contributed by atoms with Crippen LogP contribution in [0.25, 0.3) is 0 Å². The topological polar surface area (TPSA) is 86.5 Å². The van der Waals surface area contributed by atoms with Crippen LogP contribution in [0.15, 0.2) is 77.4 Å². The van der Waals surface area contributed by atoms with Crippen molar-refractivity contribution in [1.29, 1.82) is 0 Å². The first-order valence-electron chi connectivity index (χ1n) is 11.2. The van der Waals surface area contributed by atoms with Gasteiger partial charge in [-0.3, -0.25) is 4.79 Å². The number of nitrogens with one attached hydrogen (secondary N) is 1. The SMILES string of the molecule is COC(=O)C(CNc1cc(Br)cnc1N)CO[Si](c1ccccc1)(c1ccccc1)C(C)(C)C. The maximum atomic E-state index is 12.7. The standard InChI is InChI=1S/C26H32BrN3O3Si/c1-26(2,3)34(21-11-7-5-8-12-21,22-13-9-6-10-14-22)33-18-19(25(31)32-4)16-29-23-15-20(27)17-30-24(23)28/h5-15,17,19,29H,16,18H2,1-4H3,(H2,28,30). The van der Waals surface area contributed by atoms with Gasteiger partial charge in [0.15, 0.2) is 0 Å². The van der Waals surface area contributed by atoms with Crippen LogP contribution in [-0.2, 0) is 14.0 Å². The molecule has 180 valence electrons. The molecule has 0 saturated heterocycles. The molecule has 0 aliphatic carbocycles. The van der Waals surface area contributed by atoms with Crippen LogP contribution in [0.3, 0.4) is 0 Å². The Morgan fingerprint density at radius 3 is 2.15 bits per heavy atom. The number of ether oxygens (including phenoxy) is 1. The number of methoxy groups -OCH3 is 1. The molecule has 0 amide bonds. The molecule has 0 aliphatic rings. The largest absolute Gasteiger partial charge is 0.469 e. The van der Waals surface area contributed by atoms with E-state index in [0.717, 1.165) is 14.8 Å². The molecule has 0 fully saturated rings. The summed E-state index contributed by atoms with van der Waals surface area (Å²) in [6, 6.07) is 22.5. The smallest absolute Gasteiger partial charge is 0.312 e. The number of esters is 1. The number of carbonyl (C=O) groups excluding carboxylic acids is 1. The van der Waals surface area contributed by atoms with Crippen molar-refractivity contribution in [2.24, 2.45) is 5.92 Å². The van der Waals surface area contributed by atoms with Crippen molar-refractivity contribution in [1.82, 2.24) is 4.98 Å². The van der Waals surface area contributed by atoms with E-state index < -0.39 is 14.2 Å². The second-order valence-corrected chi connectivity index (χ2v) is 14.4. The number of nitrogens with two attached hydrogens (primary N) is 1. The quantitative estimate of drug-likeness (QED) is 0.311. The fourth-order valence-corrected chi connectivity index (χ4v) is 9.13. The summed E-state index contributed by atoms with van der Waals surface area (Å²) in [4.78, 5) is 16.9. The molecule has 0 bridgehead atoms. The third kappa shape index (κ3) is 5.68. The van der Waals surface area contributed by atoms with Gasteiger partial charge in [0.25, 0.3) is 8.32 Å². The van der Waals surface area contributed by atoms with Gasteiger partial charge in [-0.25, -0.2) is 4.98 Å². The molecule has 0 saturated carbocycles. The number of nitrogens with zero attached hydrogens (tertiary/aromatic N) is 1. The van der Waals surface area contributed by atoms with Crippen LogP contribution in [-0.4, -0.2) is 39.5 Å². The molecule has 3 N–H and O–H groups in total. The molecule has 1 unspecified atom stereocenters. The Bertz CT molecular complexity index is 1050. The van der Waals surface area contributed by atoms with Gasteiger partial charge in [0.2, 0.25) is 0 Å². The van der Waals surface area contributed by atoms with Crippen molar-refractivity contribution < 1.29 is 14.0 Å². The average molecular weight is 543 g/mol. The third-order valence-electron chi connectivity index (χ3n) is 5.88. The van der Waals surface area contributed by atoms with E-state index in [9.17, 15) is 4.79 Å². The Kier molecular flexibility index (Phi) is 8.51. The van der Waals surface area contributed by atoms with Gasteiger partial charge in [-0.1, -0.05) is 81.4 Å². The van der Waals surface area contributed by atoms with Crippen LogP contribution < -0.4 is 21.4 Å². The van der Waals surface area contributed by atoms with Crippen LogP contribution >= 0.6 is 15.9 Å². The zero-order valence-corrected chi connectivity index (χ0v) is 22.6. The summed E-state index contributed by atoms with van der Waals surface area (Å²) in [6.07, 6.45) is 1.63. The van der Waals surface area contributed by atoms with Crippen molar-refractivity contribution in [3.05, 3.63) is 77.4 Å². The Balaban J connectivity index is 1.95. The second kappa shape index (κ2) is 11.2. The minimum atomic E-state index is -2.78. The molecule has 1 aromatic heterocycles. The second-order valence-electron chi connectivity index (χ2n) is 9.16. The zero-order chi connectivity index (χ0) is 24.8. The lowest BCUT2D eigenvalue weighted by molar-refractivity contribution is -0.146. The Morgan fingerprint density at radius 2 is 1.65 bits per heavy atom. The summed E-state index contributed by atoms with van der Waals surface area (Å²) < 4.78 is 12.8. The molecule has 3 rings (SSSR count). The molecule has 6 nitrogen and oxygen atoms in total. The van der Waals surface area contributed by atoms with Gasteiger partial charge in [0.1, 0.15) is 5.82 Å². The molecule has 1 atom stereocenters. The molecule has 0 aliphatic heterocycles. The molecule has 3 aromatic rings. The van der Waals surface area contributed by atoms with Crippen molar-refractivity contribution in [2.75, 3.05) is 31.3 Å². The molecule has 2 aromatic carbocycles. The lowest BCUT2D eigenvalue weighted by atomic mass is 10.1. The van der Waals surface area contributed by atoms with Crippen LogP contribution in [0.4, 0.5) is 11.5 Å². The Morgan fingerprint density at radius 1 is 1.09 bits per heavy atom. The average Bonchev–Trinajstić information content (AvgIpc) is 2.83. The van der Waals surface area contributed by atoms with Crippen molar-refractivity contribution in [3.8, 4) is 0 Å². The number of anilines is 2. The van der Waals surface area contributed by atoms with E-state index in [2.05, 4.69) is 71.3 Å². The maximum Gasteiger partial charge on any atom is 0.312 e. The number of rotatable bonds is 9. The number of benzene rings is 2. The highest BCUT2D eigenvalue weighted by Gasteiger charge is 2.50. The fraction of sp³-hybridized carbons (Fsp3) is 0.308. The third-order valence-corrected chi connectivity index (χ3v) is 11.3. The first kappa shape index (κ1) is 25.9. The summed E-state index contributed by atoms with van der Waals surface area (Å²) >= 11 is 3.41. The van der Waals surface area contributed by atoms with E-state index in [0.29, 0.717) is 18.1 Å². The molecule has 0 spiro atoms. The van der Waals surface area contributed by atoms with Gasteiger partial charge in [-0.2, -0.15) is 0 Å².